The van der Waals surface area contributed by atoms with Crippen molar-refractivity contribution in [1.82, 2.24) is 10.6 Å². The summed E-state index contributed by atoms with van der Waals surface area (Å²) in [6, 6.07) is -0.448. The van der Waals surface area contributed by atoms with Gasteiger partial charge in [0.2, 0.25) is 0 Å². The van der Waals surface area contributed by atoms with E-state index in [1.165, 1.54) is 0 Å². The fraction of sp³-hybridized carbons (Fsp3) is 0.583. The van der Waals surface area contributed by atoms with Crippen LogP contribution in [0.1, 0.15) is 13.8 Å². The molecule has 2 N–H and O–H groups in total. The van der Waals surface area contributed by atoms with Crippen molar-refractivity contribution in [2.75, 3.05) is 18.1 Å². The predicted molar refractivity (Wildman–Crippen MR) is 70.2 cm³/mol. The Morgan fingerprint density at radius 2 is 2.12 bits per heavy atom. The number of rotatable bonds is 6. The van der Waals surface area contributed by atoms with Gasteiger partial charge < -0.3 is 10.6 Å². The normalized spacial score (nSPS) is 11.3. The summed E-state index contributed by atoms with van der Waals surface area (Å²) in [7, 11) is 0. The number of hydrogen-bond donors (Lipinski definition) is 2. The number of hydrogen-bond acceptors (Lipinski definition) is 2. The summed E-state index contributed by atoms with van der Waals surface area (Å²) < 4.78 is 0. The van der Waals surface area contributed by atoms with E-state index in [1.54, 1.807) is 11.8 Å². The molecule has 4 heteroatoms. The standard InChI is InChI=1S/C12H18N2OS/c1-5-8-16-9-7-13-12(15)14-11(6-2)10(3)4/h1-2,10-11H,7-9H2,3-4H3,(H2,13,14,15). The van der Waals surface area contributed by atoms with E-state index < -0.39 is 0 Å². The highest BCUT2D eigenvalue weighted by atomic mass is 32.2. The molecule has 3 nitrogen and oxygen atoms in total. The van der Waals surface area contributed by atoms with Gasteiger partial charge in [-0.15, -0.1) is 24.6 Å². The Morgan fingerprint density at radius 3 is 2.62 bits per heavy atom. The second-order valence-electron chi connectivity index (χ2n) is 3.55. The van der Waals surface area contributed by atoms with E-state index in [2.05, 4.69) is 22.5 Å². The lowest BCUT2D eigenvalue weighted by Gasteiger charge is -2.16. The summed E-state index contributed by atoms with van der Waals surface area (Å²) >= 11 is 1.61. The summed E-state index contributed by atoms with van der Waals surface area (Å²) in [5.74, 6) is 6.76. The molecule has 0 bridgehead atoms. The van der Waals surface area contributed by atoms with Gasteiger partial charge >= 0.3 is 6.03 Å². The fourth-order valence-electron chi connectivity index (χ4n) is 0.961. The molecule has 1 atom stereocenters. The maximum absolute atomic E-state index is 11.4. The number of amides is 2. The summed E-state index contributed by atoms with van der Waals surface area (Å²) in [5, 5.41) is 5.45. The van der Waals surface area contributed by atoms with Crippen molar-refractivity contribution in [2.45, 2.75) is 19.9 Å². The highest BCUT2D eigenvalue weighted by Gasteiger charge is 2.12. The predicted octanol–water partition coefficient (Wildman–Crippen LogP) is 1.31. The minimum Gasteiger partial charge on any atom is -0.337 e. The molecule has 1 unspecified atom stereocenters. The maximum atomic E-state index is 11.4. The van der Waals surface area contributed by atoms with Crippen molar-refractivity contribution in [3.05, 3.63) is 0 Å². The summed E-state index contributed by atoms with van der Waals surface area (Å²) in [6.45, 7) is 4.52. The molecule has 0 spiro atoms. The second-order valence-corrected chi connectivity index (χ2v) is 4.65. The molecule has 0 saturated heterocycles. The molecule has 0 aromatic rings. The summed E-state index contributed by atoms with van der Waals surface area (Å²) in [4.78, 5) is 11.4. The van der Waals surface area contributed by atoms with Gasteiger partial charge in [-0.1, -0.05) is 25.7 Å². The van der Waals surface area contributed by atoms with E-state index in [4.69, 9.17) is 12.8 Å². The molecule has 0 aliphatic heterocycles. The van der Waals surface area contributed by atoms with Gasteiger partial charge in [-0.05, 0) is 5.92 Å². The van der Waals surface area contributed by atoms with E-state index in [1.807, 2.05) is 13.8 Å². The van der Waals surface area contributed by atoms with Crippen molar-refractivity contribution in [3.63, 3.8) is 0 Å². The highest BCUT2D eigenvalue weighted by Crippen LogP contribution is 1.99. The molecule has 0 heterocycles. The smallest absolute Gasteiger partial charge is 0.315 e. The van der Waals surface area contributed by atoms with Gasteiger partial charge in [0.1, 0.15) is 0 Å². The van der Waals surface area contributed by atoms with E-state index >= 15 is 0 Å². The SMILES string of the molecule is C#CCSCCNC(=O)NC(C#C)C(C)C. The van der Waals surface area contributed by atoms with E-state index in [-0.39, 0.29) is 18.0 Å². The number of urea groups is 1. The Bertz CT molecular complexity index is 288. The van der Waals surface area contributed by atoms with E-state index in [0.717, 1.165) is 5.75 Å². The molecule has 0 aliphatic rings. The van der Waals surface area contributed by atoms with Gasteiger partial charge in [0.15, 0.2) is 0 Å². The number of terminal acetylenes is 2. The van der Waals surface area contributed by atoms with Crippen molar-refractivity contribution in [2.24, 2.45) is 5.92 Å². The first-order valence-corrected chi connectivity index (χ1v) is 6.29. The molecule has 0 aromatic carbocycles. The molecule has 0 aromatic heterocycles. The largest absolute Gasteiger partial charge is 0.337 e. The average Bonchev–Trinajstić information content (AvgIpc) is 2.25. The van der Waals surface area contributed by atoms with Crippen LogP contribution in [0.25, 0.3) is 0 Å². The zero-order chi connectivity index (χ0) is 12.4. The van der Waals surface area contributed by atoms with Crippen LogP contribution in [0, 0.1) is 30.6 Å². The number of thioether (sulfide) groups is 1. The monoisotopic (exact) mass is 238 g/mol. The van der Waals surface area contributed by atoms with Gasteiger partial charge in [0.05, 0.1) is 11.8 Å². The molecular weight excluding hydrogens is 220 g/mol. The maximum Gasteiger partial charge on any atom is 0.315 e. The average molecular weight is 238 g/mol. The number of carbonyl (C=O) groups excluding carboxylic acids is 1. The molecular formula is C12H18N2OS. The third-order valence-electron chi connectivity index (χ3n) is 1.85. The molecule has 0 saturated carbocycles. The van der Waals surface area contributed by atoms with E-state index in [9.17, 15) is 4.79 Å². The quantitative estimate of drug-likeness (QED) is 0.541. The molecule has 16 heavy (non-hydrogen) atoms. The van der Waals surface area contributed by atoms with Crippen LogP contribution in [0.3, 0.4) is 0 Å². The van der Waals surface area contributed by atoms with Gasteiger partial charge in [-0.25, -0.2) is 4.79 Å². The van der Waals surface area contributed by atoms with Crippen LogP contribution in [-0.4, -0.2) is 30.1 Å². The molecule has 0 radical (unpaired) electrons. The Morgan fingerprint density at radius 1 is 1.44 bits per heavy atom. The van der Waals surface area contributed by atoms with Crippen LogP contribution in [0.5, 0.6) is 0 Å². The molecule has 0 fully saturated rings. The van der Waals surface area contributed by atoms with Gasteiger partial charge in [0.25, 0.3) is 0 Å². The number of carbonyl (C=O) groups is 1. The lowest BCUT2D eigenvalue weighted by molar-refractivity contribution is 0.237. The van der Waals surface area contributed by atoms with Crippen molar-refractivity contribution >= 4 is 17.8 Å². The third-order valence-corrected chi connectivity index (χ3v) is 2.71. The van der Waals surface area contributed by atoms with Crippen molar-refractivity contribution in [3.8, 4) is 24.7 Å². The number of nitrogens with one attached hydrogen (secondary N) is 2. The Kier molecular flexibility index (Phi) is 8.29. The third kappa shape index (κ3) is 7.09. The van der Waals surface area contributed by atoms with E-state index in [0.29, 0.717) is 12.3 Å². The first kappa shape index (κ1) is 14.7. The van der Waals surface area contributed by atoms with Crippen LogP contribution in [-0.2, 0) is 0 Å². The fourth-order valence-corrected chi connectivity index (χ4v) is 1.47. The second kappa shape index (κ2) is 9.00. The zero-order valence-electron chi connectivity index (χ0n) is 9.75. The first-order valence-electron chi connectivity index (χ1n) is 5.13. The lowest BCUT2D eigenvalue weighted by atomic mass is 10.1. The minimum atomic E-state index is -0.224. The lowest BCUT2D eigenvalue weighted by Crippen LogP contribution is -2.44. The molecule has 0 rings (SSSR count). The topological polar surface area (TPSA) is 41.1 Å². The first-order chi connectivity index (χ1) is 7.61. The van der Waals surface area contributed by atoms with Crippen LogP contribution in [0.4, 0.5) is 4.79 Å². The van der Waals surface area contributed by atoms with Crippen LogP contribution < -0.4 is 10.6 Å². The van der Waals surface area contributed by atoms with Gasteiger partial charge in [-0.3, -0.25) is 0 Å². The minimum absolute atomic E-state index is 0.224. The highest BCUT2D eigenvalue weighted by molar-refractivity contribution is 7.99. The summed E-state index contributed by atoms with van der Waals surface area (Å²) in [6.07, 6.45) is 10.4. The molecule has 2 amide bonds. The molecule has 0 aliphatic carbocycles. The van der Waals surface area contributed by atoms with Crippen LogP contribution in [0.15, 0.2) is 0 Å². The zero-order valence-corrected chi connectivity index (χ0v) is 10.6. The Labute approximate surface area is 102 Å². The Hall–Kier alpha value is -1.26. The van der Waals surface area contributed by atoms with Gasteiger partial charge in [0, 0.05) is 12.3 Å². The summed E-state index contributed by atoms with van der Waals surface area (Å²) in [5.41, 5.74) is 0. The van der Waals surface area contributed by atoms with Crippen molar-refractivity contribution < 1.29 is 4.79 Å². The van der Waals surface area contributed by atoms with Crippen LogP contribution in [0.2, 0.25) is 0 Å². The Balaban J connectivity index is 3.67. The van der Waals surface area contributed by atoms with Crippen LogP contribution >= 0.6 is 11.8 Å². The van der Waals surface area contributed by atoms with Gasteiger partial charge in [-0.2, -0.15) is 0 Å². The van der Waals surface area contributed by atoms with Crippen molar-refractivity contribution in [1.29, 1.82) is 0 Å². The molecule has 88 valence electrons.